The highest BCUT2D eigenvalue weighted by Crippen LogP contribution is 2.15. The number of nitrogens with zero attached hydrogens (tertiary/aromatic N) is 2. The van der Waals surface area contributed by atoms with Crippen LogP contribution in [0.4, 0.5) is 0 Å². The van der Waals surface area contributed by atoms with Crippen LogP contribution in [-0.4, -0.2) is 54.3 Å². The van der Waals surface area contributed by atoms with Crippen LogP contribution in [0.25, 0.3) is 0 Å². The summed E-state index contributed by atoms with van der Waals surface area (Å²) in [5.74, 6) is 0.265. The number of benzene rings is 1. The Morgan fingerprint density at radius 3 is 2.14 bits per heavy atom. The smallest absolute Gasteiger partial charge is 0.164 e. The summed E-state index contributed by atoms with van der Waals surface area (Å²) >= 11 is 0. The summed E-state index contributed by atoms with van der Waals surface area (Å²) in [4.78, 5) is 17.2. The first-order valence-corrected chi connectivity index (χ1v) is 7.92. The predicted molar refractivity (Wildman–Crippen MR) is 88.0 cm³/mol. The second-order valence-corrected chi connectivity index (χ2v) is 6.67. The Kier molecular flexibility index (Phi) is 5.17. The van der Waals surface area contributed by atoms with Gasteiger partial charge in [-0.2, -0.15) is 0 Å². The molecular weight excluding hydrogens is 260 g/mol. The van der Waals surface area contributed by atoms with Crippen molar-refractivity contribution in [3.63, 3.8) is 0 Å². The van der Waals surface area contributed by atoms with Crippen molar-refractivity contribution >= 4 is 5.78 Å². The molecule has 3 heteroatoms. The summed E-state index contributed by atoms with van der Waals surface area (Å²) in [7, 11) is 2.19. The van der Waals surface area contributed by atoms with Crippen molar-refractivity contribution in [2.75, 3.05) is 26.7 Å². The van der Waals surface area contributed by atoms with Gasteiger partial charge in [-0.05, 0) is 46.9 Å². The molecule has 21 heavy (non-hydrogen) atoms. The van der Waals surface area contributed by atoms with Crippen LogP contribution in [0.15, 0.2) is 18.2 Å². The molecule has 0 radical (unpaired) electrons. The molecule has 2 rings (SSSR count). The maximum Gasteiger partial charge on any atom is 0.164 e. The van der Waals surface area contributed by atoms with Crippen LogP contribution in [-0.2, 0) is 0 Å². The second kappa shape index (κ2) is 6.71. The predicted octanol–water partition coefficient (Wildman–Crippen LogP) is 2.90. The highest BCUT2D eigenvalue weighted by molar-refractivity contribution is 5.96. The lowest BCUT2D eigenvalue weighted by Gasteiger charge is -2.42. The fourth-order valence-corrected chi connectivity index (χ4v) is 3.24. The van der Waals surface area contributed by atoms with E-state index in [1.54, 1.807) is 0 Å². The van der Waals surface area contributed by atoms with E-state index in [-0.39, 0.29) is 5.78 Å². The molecule has 1 aromatic carbocycles. The van der Waals surface area contributed by atoms with Crippen LogP contribution in [0, 0.1) is 13.8 Å². The minimum absolute atomic E-state index is 0.265. The monoisotopic (exact) mass is 288 g/mol. The second-order valence-electron chi connectivity index (χ2n) is 6.67. The van der Waals surface area contributed by atoms with E-state index in [0.29, 0.717) is 18.5 Å². The molecule has 0 N–H and O–H groups in total. The summed E-state index contributed by atoms with van der Waals surface area (Å²) in [5.41, 5.74) is 3.20. The van der Waals surface area contributed by atoms with E-state index in [9.17, 15) is 4.79 Å². The lowest BCUT2D eigenvalue weighted by Crippen LogP contribution is -2.55. The van der Waals surface area contributed by atoms with Crippen molar-refractivity contribution in [1.29, 1.82) is 0 Å². The van der Waals surface area contributed by atoms with Crippen molar-refractivity contribution in [1.82, 2.24) is 9.80 Å². The first kappa shape index (κ1) is 16.2. The van der Waals surface area contributed by atoms with Crippen LogP contribution in [0.1, 0.15) is 41.8 Å². The van der Waals surface area contributed by atoms with Crippen LogP contribution in [0.5, 0.6) is 0 Å². The fraction of sp³-hybridized carbons (Fsp3) is 0.611. The van der Waals surface area contributed by atoms with Gasteiger partial charge in [0.2, 0.25) is 0 Å². The normalized spacial score (nSPS) is 24.2. The van der Waals surface area contributed by atoms with Gasteiger partial charge >= 0.3 is 0 Å². The number of hydrogen-bond acceptors (Lipinski definition) is 3. The number of aryl methyl sites for hydroxylation is 2. The highest BCUT2D eigenvalue weighted by Gasteiger charge is 2.26. The van der Waals surface area contributed by atoms with Gasteiger partial charge in [0.25, 0.3) is 0 Å². The zero-order valence-electron chi connectivity index (χ0n) is 14.0. The Labute approximate surface area is 128 Å². The molecular formula is C18H28N2O. The van der Waals surface area contributed by atoms with Crippen LogP contribution >= 0.6 is 0 Å². The molecule has 0 aromatic heterocycles. The first-order valence-electron chi connectivity index (χ1n) is 7.92. The summed E-state index contributed by atoms with van der Waals surface area (Å²) in [6.45, 7) is 11.6. The third-order valence-electron chi connectivity index (χ3n) is 4.63. The van der Waals surface area contributed by atoms with Gasteiger partial charge < -0.3 is 0 Å². The molecule has 2 atom stereocenters. The molecule has 1 fully saturated rings. The lowest BCUT2D eigenvalue weighted by molar-refractivity contribution is 0.0575. The fourth-order valence-electron chi connectivity index (χ4n) is 3.24. The number of hydrogen-bond donors (Lipinski definition) is 0. The molecule has 0 aliphatic carbocycles. The summed E-state index contributed by atoms with van der Waals surface area (Å²) in [6.07, 6.45) is 0.617. The number of carbonyl (C=O) groups excluding carboxylic acids is 1. The molecule has 1 aliphatic rings. The van der Waals surface area contributed by atoms with Gasteiger partial charge in [0, 0.05) is 43.7 Å². The SMILES string of the molecule is Cc1cc(C)cc(C(=O)CCN2CC(C)N(C)C(C)C2)c1. The standard InChI is InChI=1S/C18H28N2O/c1-13-8-14(2)10-17(9-13)18(21)6-7-20-11-15(3)19(5)16(4)12-20/h8-10,15-16H,6-7,11-12H2,1-5H3. The van der Waals surface area contributed by atoms with E-state index in [1.165, 1.54) is 11.1 Å². The third-order valence-corrected chi connectivity index (χ3v) is 4.63. The number of carbonyl (C=O) groups is 1. The average Bonchev–Trinajstić information content (AvgIpc) is 2.40. The van der Waals surface area contributed by atoms with Gasteiger partial charge in [-0.1, -0.05) is 17.2 Å². The number of ketones is 1. The summed E-state index contributed by atoms with van der Waals surface area (Å²) < 4.78 is 0. The van der Waals surface area contributed by atoms with Crippen molar-refractivity contribution < 1.29 is 4.79 Å². The molecule has 2 unspecified atom stereocenters. The van der Waals surface area contributed by atoms with E-state index in [4.69, 9.17) is 0 Å². The van der Waals surface area contributed by atoms with Gasteiger partial charge in [0.05, 0.1) is 0 Å². The van der Waals surface area contributed by atoms with Crippen molar-refractivity contribution in [3.8, 4) is 0 Å². The molecule has 1 aliphatic heterocycles. The van der Waals surface area contributed by atoms with E-state index in [2.05, 4.69) is 36.8 Å². The minimum Gasteiger partial charge on any atom is -0.300 e. The zero-order valence-corrected chi connectivity index (χ0v) is 14.0. The third kappa shape index (κ3) is 4.14. The van der Waals surface area contributed by atoms with Crippen LogP contribution in [0.2, 0.25) is 0 Å². The molecule has 0 bridgehead atoms. The Morgan fingerprint density at radius 1 is 1.10 bits per heavy atom. The molecule has 0 spiro atoms. The number of Topliss-reactive ketones (excluding diaryl/α,β-unsaturated/α-hetero) is 1. The lowest BCUT2D eigenvalue weighted by atomic mass is 10.0. The Hall–Kier alpha value is -1.19. The van der Waals surface area contributed by atoms with Crippen molar-refractivity contribution in [2.45, 2.75) is 46.2 Å². The molecule has 0 amide bonds. The molecule has 116 valence electrons. The zero-order chi connectivity index (χ0) is 15.6. The van der Waals surface area contributed by atoms with Crippen LogP contribution in [0.3, 0.4) is 0 Å². The molecule has 3 nitrogen and oxygen atoms in total. The van der Waals surface area contributed by atoms with Crippen molar-refractivity contribution in [3.05, 3.63) is 34.9 Å². The van der Waals surface area contributed by atoms with Gasteiger partial charge in [-0.25, -0.2) is 0 Å². The van der Waals surface area contributed by atoms with Gasteiger partial charge in [0.1, 0.15) is 0 Å². The molecule has 1 aromatic rings. The topological polar surface area (TPSA) is 23.6 Å². The maximum absolute atomic E-state index is 12.4. The summed E-state index contributed by atoms with van der Waals surface area (Å²) in [5, 5.41) is 0. The molecule has 1 saturated heterocycles. The number of rotatable bonds is 4. The quantitative estimate of drug-likeness (QED) is 0.796. The van der Waals surface area contributed by atoms with E-state index < -0.39 is 0 Å². The van der Waals surface area contributed by atoms with Crippen molar-refractivity contribution in [2.24, 2.45) is 0 Å². The Bertz CT molecular complexity index is 480. The molecule has 0 saturated carbocycles. The highest BCUT2D eigenvalue weighted by atomic mass is 16.1. The van der Waals surface area contributed by atoms with Gasteiger partial charge in [0.15, 0.2) is 5.78 Å². The van der Waals surface area contributed by atoms with Gasteiger partial charge in [-0.3, -0.25) is 14.6 Å². The van der Waals surface area contributed by atoms with E-state index in [1.807, 2.05) is 26.0 Å². The Balaban J connectivity index is 1.92. The maximum atomic E-state index is 12.4. The van der Waals surface area contributed by atoms with E-state index >= 15 is 0 Å². The number of likely N-dealkylation sites (N-methyl/N-ethyl adjacent to an activating group) is 1. The molecule has 1 heterocycles. The first-order chi connectivity index (χ1) is 9.86. The minimum atomic E-state index is 0.265. The van der Waals surface area contributed by atoms with Gasteiger partial charge in [-0.15, -0.1) is 0 Å². The summed E-state index contributed by atoms with van der Waals surface area (Å²) in [6, 6.07) is 7.24. The largest absolute Gasteiger partial charge is 0.300 e. The Morgan fingerprint density at radius 2 is 1.62 bits per heavy atom. The average molecular weight is 288 g/mol. The number of piperazine rings is 1. The van der Waals surface area contributed by atoms with E-state index in [0.717, 1.165) is 25.2 Å². The van der Waals surface area contributed by atoms with Crippen LogP contribution < -0.4 is 0 Å².